The van der Waals surface area contributed by atoms with E-state index in [1.165, 1.54) is 0 Å². The minimum absolute atomic E-state index is 0.240. The third-order valence-electron chi connectivity index (χ3n) is 2.25. The first-order valence-electron chi connectivity index (χ1n) is 5.29. The second kappa shape index (κ2) is 4.84. The van der Waals surface area contributed by atoms with Crippen LogP contribution in [0.2, 0.25) is 0 Å². The lowest BCUT2D eigenvalue weighted by molar-refractivity contribution is 0.638. The Kier molecular flexibility index (Phi) is 3.25. The number of tetrazole rings is 1. The summed E-state index contributed by atoms with van der Waals surface area (Å²) < 4.78 is 1.62. The molecule has 0 amide bonds. The average molecular weight is 221 g/mol. The van der Waals surface area contributed by atoms with Gasteiger partial charge in [0.05, 0.1) is 12.4 Å². The fourth-order valence-corrected chi connectivity index (χ4v) is 1.44. The van der Waals surface area contributed by atoms with E-state index in [1.54, 1.807) is 16.9 Å². The Labute approximate surface area is 93.0 Å². The molecule has 0 fully saturated rings. The average Bonchev–Trinajstić information content (AvgIpc) is 2.72. The number of nitrogens with two attached hydrogens (primary N) is 1. The Morgan fingerprint density at radius 2 is 2.38 bits per heavy atom. The lowest BCUT2D eigenvalue weighted by atomic mass is 10.2. The molecule has 2 aromatic rings. The zero-order chi connectivity index (χ0) is 11.4. The molecule has 0 bridgehead atoms. The quantitative estimate of drug-likeness (QED) is 0.693. The molecule has 0 saturated heterocycles. The molecule has 7 heteroatoms. The molecule has 7 nitrogen and oxygen atoms in total. The van der Waals surface area contributed by atoms with Crippen LogP contribution >= 0.6 is 0 Å². The van der Waals surface area contributed by atoms with E-state index in [0.717, 1.165) is 25.2 Å². The molecule has 0 aliphatic rings. The highest BCUT2D eigenvalue weighted by Gasteiger charge is 2.02. The molecular formula is C9H15N7. The van der Waals surface area contributed by atoms with Gasteiger partial charge in [0.1, 0.15) is 5.82 Å². The Balaban J connectivity index is 1.96. The molecule has 0 aliphatic carbocycles. The van der Waals surface area contributed by atoms with Crippen molar-refractivity contribution in [3.63, 3.8) is 0 Å². The van der Waals surface area contributed by atoms with Crippen LogP contribution in [0.1, 0.15) is 19.8 Å². The van der Waals surface area contributed by atoms with Gasteiger partial charge >= 0.3 is 0 Å². The minimum atomic E-state index is 0.240. The largest absolute Gasteiger partial charge is 0.369 e. The summed E-state index contributed by atoms with van der Waals surface area (Å²) in [5, 5.41) is 14.5. The monoisotopic (exact) mass is 221 g/mol. The van der Waals surface area contributed by atoms with Crippen LogP contribution in [0.15, 0.2) is 12.4 Å². The number of hydrogen-bond acceptors (Lipinski definition) is 6. The molecule has 2 heterocycles. The molecule has 1 atom stereocenters. The van der Waals surface area contributed by atoms with Crippen LogP contribution in [0.25, 0.3) is 5.65 Å². The van der Waals surface area contributed by atoms with Crippen molar-refractivity contribution in [1.29, 1.82) is 0 Å². The fourth-order valence-electron chi connectivity index (χ4n) is 1.44. The van der Waals surface area contributed by atoms with Crippen molar-refractivity contribution in [2.45, 2.75) is 25.8 Å². The van der Waals surface area contributed by atoms with Gasteiger partial charge in [-0.2, -0.15) is 4.52 Å². The predicted molar refractivity (Wildman–Crippen MR) is 60.0 cm³/mol. The SMILES string of the molecule is CC(N)CCCNc1cncc2nnnn12. The van der Waals surface area contributed by atoms with Gasteiger partial charge in [-0.1, -0.05) is 0 Å². The van der Waals surface area contributed by atoms with E-state index in [4.69, 9.17) is 5.73 Å². The number of anilines is 1. The normalized spacial score (nSPS) is 12.9. The lowest BCUT2D eigenvalue weighted by Crippen LogP contribution is -2.16. The predicted octanol–water partition coefficient (Wildman–Crippen LogP) is 0.0586. The number of aromatic nitrogens is 5. The summed E-state index contributed by atoms with van der Waals surface area (Å²) in [7, 11) is 0. The maximum absolute atomic E-state index is 5.67. The number of rotatable bonds is 5. The summed E-state index contributed by atoms with van der Waals surface area (Å²) in [5.41, 5.74) is 6.30. The van der Waals surface area contributed by atoms with E-state index >= 15 is 0 Å². The molecule has 16 heavy (non-hydrogen) atoms. The molecule has 2 rings (SSSR count). The third kappa shape index (κ3) is 2.43. The number of nitrogens with one attached hydrogen (secondary N) is 1. The van der Waals surface area contributed by atoms with Crippen molar-refractivity contribution in [2.24, 2.45) is 5.73 Å². The van der Waals surface area contributed by atoms with E-state index in [0.29, 0.717) is 5.65 Å². The van der Waals surface area contributed by atoms with Gasteiger partial charge in [0.2, 0.25) is 0 Å². The van der Waals surface area contributed by atoms with Gasteiger partial charge in [-0.05, 0) is 30.2 Å². The summed E-state index contributed by atoms with van der Waals surface area (Å²) in [5.74, 6) is 0.798. The Morgan fingerprint density at radius 3 is 3.19 bits per heavy atom. The van der Waals surface area contributed by atoms with E-state index in [1.807, 2.05) is 6.92 Å². The summed E-state index contributed by atoms with van der Waals surface area (Å²) >= 11 is 0. The maximum atomic E-state index is 5.67. The van der Waals surface area contributed by atoms with Crippen molar-refractivity contribution in [3.8, 4) is 0 Å². The van der Waals surface area contributed by atoms with Crippen molar-refractivity contribution in [1.82, 2.24) is 25.0 Å². The third-order valence-corrected chi connectivity index (χ3v) is 2.25. The second-order valence-electron chi connectivity index (χ2n) is 3.79. The van der Waals surface area contributed by atoms with E-state index in [9.17, 15) is 0 Å². The summed E-state index contributed by atoms with van der Waals surface area (Å²) in [4.78, 5) is 4.05. The van der Waals surface area contributed by atoms with Gasteiger partial charge < -0.3 is 11.1 Å². The zero-order valence-corrected chi connectivity index (χ0v) is 9.17. The minimum Gasteiger partial charge on any atom is -0.369 e. The lowest BCUT2D eigenvalue weighted by Gasteiger charge is -2.07. The molecule has 0 aliphatic heterocycles. The molecule has 0 radical (unpaired) electrons. The van der Waals surface area contributed by atoms with Gasteiger partial charge in [0.25, 0.3) is 0 Å². The van der Waals surface area contributed by atoms with Gasteiger partial charge in [0.15, 0.2) is 5.65 Å². The summed E-state index contributed by atoms with van der Waals surface area (Å²) in [6.45, 7) is 2.84. The van der Waals surface area contributed by atoms with Crippen LogP contribution in [0.5, 0.6) is 0 Å². The molecule has 0 spiro atoms. The van der Waals surface area contributed by atoms with E-state index in [-0.39, 0.29) is 6.04 Å². The summed E-state index contributed by atoms with van der Waals surface area (Å²) in [6.07, 6.45) is 5.32. The smallest absolute Gasteiger partial charge is 0.199 e. The standard InChI is InChI=1S/C9H15N7/c1-7(10)3-2-4-12-8-5-11-6-9-13-14-15-16(8)9/h5-7,12H,2-4,10H2,1H3. The fraction of sp³-hybridized carbons (Fsp3) is 0.556. The number of hydrogen-bond donors (Lipinski definition) is 2. The van der Waals surface area contributed by atoms with Crippen LogP contribution in [-0.4, -0.2) is 37.6 Å². The molecule has 0 aromatic carbocycles. The van der Waals surface area contributed by atoms with Crippen LogP contribution in [0, 0.1) is 0 Å². The van der Waals surface area contributed by atoms with Crippen molar-refractivity contribution in [3.05, 3.63) is 12.4 Å². The van der Waals surface area contributed by atoms with Gasteiger partial charge in [-0.3, -0.25) is 4.98 Å². The maximum Gasteiger partial charge on any atom is 0.199 e. The van der Waals surface area contributed by atoms with Crippen LogP contribution in [0.4, 0.5) is 5.82 Å². The summed E-state index contributed by atoms with van der Waals surface area (Å²) in [6, 6.07) is 0.240. The van der Waals surface area contributed by atoms with Crippen LogP contribution < -0.4 is 11.1 Å². The topological polar surface area (TPSA) is 94.0 Å². The highest BCUT2D eigenvalue weighted by Crippen LogP contribution is 2.06. The molecule has 86 valence electrons. The van der Waals surface area contributed by atoms with Gasteiger partial charge in [-0.25, -0.2) is 0 Å². The Morgan fingerprint density at radius 1 is 1.50 bits per heavy atom. The van der Waals surface area contributed by atoms with E-state index in [2.05, 4.69) is 25.8 Å². The first-order valence-corrected chi connectivity index (χ1v) is 5.29. The Bertz CT molecular complexity index is 450. The molecule has 3 N–H and O–H groups in total. The first kappa shape index (κ1) is 10.7. The van der Waals surface area contributed by atoms with E-state index < -0.39 is 0 Å². The molecule has 0 saturated carbocycles. The number of fused-ring (bicyclic) bond motifs is 1. The second-order valence-corrected chi connectivity index (χ2v) is 3.79. The van der Waals surface area contributed by atoms with Crippen molar-refractivity contribution >= 4 is 11.5 Å². The Hall–Kier alpha value is -1.76. The van der Waals surface area contributed by atoms with Crippen LogP contribution in [0.3, 0.4) is 0 Å². The molecule has 1 unspecified atom stereocenters. The van der Waals surface area contributed by atoms with Gasteiger partial charge in [0, 0.05) is 12.6 Å². The number of nitrogens with zero attached hydrogens (tertiary/aromatic N) is 5. The van der Waals surface area contributed by atoms with Crippen LogP contribution in [-0.2, 0) is 0 Å². The van der Waals surface area contributed by atoms with Crippen molar-refractivity contribution < 1.29 is 0 Å². The highest BCUT2D eigenvalue weighted by molar-refractivity contribution is 5.43. The van der Waals surface area contributed by atoms with Crippen molar-refractivity contribution in [2.75, 3.05) is 11.9 Å². The van der Waals surface area contributed by atoms with Gasteiger partial charge in [-0.15, -0.1) is 5.10 Å². The zero-order valence-electron chi connectivity index (χ0n) is 9.17. The molecular weight excluding hydrogens is 206 g/mol. The first-order chi connectivity index (χ1) is 7.77. The highest BCUT2D eigenvalue weighted by atomic mass is 15.5. The molecule has 2 aromatic heterocycles.